The van der Waals surface area contributed by atoms with Crippen molar-refractivity contribution in [1.29, 1.82) is 0 Å². The fraction of sp³-hybridized carbons (Fsp3) is 0.143. The van der Waals surface area contributed by atoms with Crippen molar-refractivity contribution < 1.29 is 18.7 Å². The van der Waals surface area contributed by atoms with Crippen molar-refractivity contribution in [3.8, 4) is 23.0 Å². The zero-order chi connectivity index (χ0) is 20.8. The maximum atomic E-state index is 11.8. The molecule has 0 atom stereocenters. The van der Waals surface area contributed by atoms with E-state index >= 15 is 0 Å². The molecular formula is C21H19N5O4. The molecule has 4 aromatic rings. The van der Waals surface area contributed by atoms with Crippen LogP contribution < -0.4 is 14.8 Å². The van der Waals surface area contributed by atoms with Crippen LogP contribution in [0, 0.1) is 0 Å². The average molecular weight is 405 g/mol. The monoisotopic (exact) mass is 405 g/mol. The maximum Gasteiger partial charge on any atom is 0.244 e. The molecule has 0 spiro atoms. The van der Waals surface area contributed by atoms with Crippen LogP contribution in [-0.2, 0) is 4.79 Å². The fourth-order valence-electron chi connectivity index (χ4n) is 2.70. The van der Waals surface area contributed by atoms with Crippen LogP contribution in [0.5, 0.6) is 11.6 Å². The maximum absolute atomic E-state index is 11.8. The Bertz CT molecular complexity index is 1150. The highest BCUT2D eigenvalue weighted by atomic mass is 16.5. The van der Waals surface area contributed by atoms with Crippen LogP contribution in [-0.4, -0.2) is 46.0 Å². The summed E-state index contributed by atoms with van der Waals surface area (Å²) in [7, 11) is 1.62. The summed E-state index contributed by atoms with van der Waals surface area (Å²) < 4.78 is 17.6. The van der Waals surface area contributed by atoms with Crippen LogP contribution in [0.3, 0.4) is 0 Å². The van der Waals surface area contributed by atoms with Crippen molar-refractivity contribution in [1.82, 2.24) is 25.1 Å². The summed E-state index contributed by atoms with van der Waals surface area (Å²) in [6.45, 7) is 0.591. The van der Waals surface area contributed by atoms with Crippen molar-refractivity contribution in [2.45, 2.75) is 0 Å². The van der Waals surface area contributed by atoms with Gasteiger partial charge in [-0.15, -0.1) is 15.3 Å². The lowest BCUT2D eigenvalue weighted by Gasteiger charge is -2.07. The van der Waals surface area contributed by atoms with Crippen molar-refractivity contribution in [3.63, 3.8) is 0 Å². The molecule has 0 aliphatic heterocycles. The van der Waals surface area contributed by atoms with Gasteiger partial charge in [0.25, 0.3) is 0 Å². The molecular weight excluding hydrogens is 386 g/mol. The van der Waals surface area contributed by atoms with E-state index in [1.165, 1.54) is 6.08 Å². The first-order valence-corrected chi connectivity index (χ1v) is 9.22. The highest BCUT2D eigenvalue weighted by Gasteiger charge is 2.10. The quantitative estimate of drug-likeness (QED) is 0.355. The second-order valence-electron chi connectivity index (χ2n) is 6.18. The van der Waals surface area contributed by atoms with E-state index in [2.05, 4.69) is 20.6 Å². The minimum Gasteiger partial charge on any atom is -0.497 e. The van der Waals surface area contributed by atoms with E-state index < -0.39 is 0 Å². The third kappa shape index (κ3) is 4.46. The van der Waals surface area contributed by atoms with Crippen molar-refractivity contribution in [3.05, 3.63) is 66.6 Å². The van der Waals surface area contributed by atoms with Crippen LogP contribution in [0.15, 0.2) is 65.3 Å². The largest absolute Gasteiger partial charge is 0.497 e. The number of hydrogen-bond donors (Lipinski definition) is 1. The lowest BCUT2D eigenvalue weighted by Crippen LogP contribution is -2.26. The molecule has 0 fully saturated rings. The molecule has 1 aromatic carbocycles. The Morgan fingerprint density at radius 2 is 2.03 bits per heavy atom. The molecule has 0 saturated heterocycles. The number of fused-ring (bicyclic) bond motifs is 1. The summed E-state index contributed by atoms with van der Waals surface area (Å²) in [4.78, 5) is 11.8. The number of ether oxygens (including phenoxy) is 2. The molecule has 4 rings (SSSR count). The van der Waals surface area contributed by atoms with Gasteiger partial charge in [0.1, 0.15) is 18.1 Å². The highest BCUT2D eigenvalue weighted by Crippen LogP contribution is 2.21. The molecule has 152 valence electrons. The molecule has 3 aromatic heterocycles. The van der Waals surface area contributed by atoms with Gasteiger partial charge in [-0.05, 0) is 48.5 Å². The van der Waals surface area contributed by atoms with E-state index in [-0.39, 0.29) is 12.5 Å². The molecule has 3 heterocycles. The Hall–Kier alpha value is -4.14. The minimum absolute atomic E-state index is 0.237. The number of carbonyl (C=O) groups is 1. The van der Waals surface area contributed by atoms with E-state index in [0.717, 1.165) is 11.3 Å². The number of benzene rings is 1. The van der Waals surface area contributed by atoms with E-state index in [9.17, 15) is 4.79 Å². The van der Waals surface area contributed by atoms with E-state index in [1.807, 2.05) is 24.3 Å². The van der Waals surface area contributed by atoms with E-state index in [0.29, 0.717) is 29.7 Å². The Kier molecular flexibility index (Phi) is 5.70. The summed E-state index contributed by atoms with van der Waals surface area (Å²) in [5.74, 6) is 2.12. The van der Waals surface area contributed by atoms with Crippen molar-refractivity contribution in [2.75, 3.05) is 20.3 Å². The lowest BCUT2D eigenvalue weighted by molar-refractivity contribution is -0.116. The third-order valence-electron chi connectivity index (χ3n) is 4.18. The number of furan rings is 1. The summed E-state index contributed by atoms with van der Waals surface area (Å²) >= 11 is 0. The first-order valence-electron chi connectivity index (χ1n) is 9.22. The molecule has 30 heavy (non-hydrogen) atoms. The van der Waals surface area contributed by atoms with Gasteiger partial charge in [0.2, 0.25) is 11.8 Å². The normalized spacial score (nSPS) is 11.1. The van der Waals surface area contributed by atoms with Gasteiger partial charge in [0, 0.05) is 17.7 Å². The molecule has 0 bridgehead atoms. The van der Waals surface area contributed by atoms with Gasteiger partial charge in [-0.25, -0.2) is 0 Å². The Balaban J connectivity index is 1.36. The van der Waals surface area contributed by atoms with E-state index in [4.69, 9.17) is 13.9 Å². The van der Waals surface area contributed by atoms with Crippen LogP contribution in [0.1, 0.15) is 5.76 Å². The topological polar surface area (TPSA) is 104 Å². The van der Waals surface area contributed by atoms with Crippen molar-refractivity contribution >= 4 is 17.6 Å². The molecule has 0 unspecified atom stereocenters. The number of aromatic nitrogens is 4. The van der Waals surface area contributed by atoms with Gasteiger partial charge >= 0.3 is 0 Å². The number of carbonyl (C=O) groups excluding carboxylic acids is 1. The summed E-state index contributed by atoms with van der Waals surface area (Å²) in [6, 6.07) is 14.5. The summed E-state index contributed by atoms with van der Waals surface area (Å²) in [6.07, 6.45) is 4.55. The molecule has 0 saturated carbocycles. The standard InChI is InChI=1S/C21H19N5O4/c1-28-16-6-4-15(5-7-16)21-24-23-18-9-11-20(25-26(18)21)30-14-12-22-19(27)10-8-17-3-2-13-29-17/h2-11,13H,12,14H2,1H3,(H,22,27)/b10-8+. The molecule has 0 aliphatic carbocycles. The number of hydrogen-bond acceptors (Lipinski definition) is 7. The fourth-order valence-corrected chi connectivity index (χ4v) is 2.70. The molecule has 0 aliphatic rings. The highest BCUT2D eigenvalue weighted by molar-refractivity contribution is 5.91. The zero-order valence-electron chi connectivity index (χ0n) is 16.2. The number of nitrogens with zero attached hydrogens (tertiary/aromatic N) is 4. The van der Waals surface area contributed by atoms with Crippen molar-refractivity contribution in [2.24, 2.45) is 0 Å². The number of amides is 1. The summed E-state index contributed by atoms with van der Waals surface area (Å²) in [5.41, 5.74) is 1.45. The van der Waals surface area contributed by atoms with Crippen LogP contribution >= 0.6 is 0 Å². The predicted molar refractivity (Wildman–Crippen MR) is 109 cm³/mol. The van der Waals surface area contributed by atoms with E-state index in [1.54, 1.807) is 48.2 Å². The number of rotatable bonds is 8. The lowest BCUT2D eigenvalue weighted by atomic mass is 10.2. The average Bonchev–Trinajstić information content (AvgIpc) is 3.45. The van der Waals surface area contributed by atoms with Crippen LogP contribution in [0.4, 0.5) is 0 Å². The van der Waals surface area contributed by atoms with Gasteiger partial charge in [-0.3, -0.25) is 4.79 Å². The second-order valence-corrected chi connectivity index (χ2v) is 6.18. The Labute approximate surface area is 171 Å². The molecule has 1 N–H and O–H groups in total. The minimum atomic E-state index is -0.237. The SMILES string of the molecule is COc1ccc(-c2nnc3ccc(OCCNC(=O)/C=C/c4ccco4)nn23)cc1. The van der Waals surface area contributed by atoms with Crippen LogP contribution in [0.2, 0.25) is 0 Å². The van der Waals surface area contributed by atoms with Gasteiger partial charge in [0.15, 0.2) is 11.5 Å². The first-order chi connectivity index (χ1) is 14.7. The molecule has 9 heteroatoms. The third-order valence-corrected chi connectivity index (χ3v) is 4.18. The first kappa shape index (κ1) is 19.2. The Morgan fingerprint density at radius 3 is 2.80 bits per heavy atom. The van der Waals surface area contributed by atoms with Gasteiger partial charge in [-0.2, -0.15) is 4.52 Å². The summed E-state index contributed by atoms with van der Waals surface area (Å²) in [5, 5.41) is 15.5. The molecule has 1 amide bonds. The van der Waals surface area contributed by atoms with Gasteiger partial charge < -0.3 is 19.2 Å². The van der Waals surface area contributed by atoms with Gasteiger partial charge in [0.05, 0.1) is 19.9 Å². The predicted octanol–water partition coefficient (Wildman–Crippen LogP) is 2.60. The number of nitrogens with one attached hydrogen (secondary N) is 1. The molecule has 9 nitrogen and oxygen atoms in total. The zero-order valence-corrected chi connectivity index (χ0v) is 16.2. The smallest absolute Gasteiger partial charge is 0.244 e. The van der Waals surface area contributed by atoms with Gasteiger partial charge in [-0.1, -0.05) is 0 Å². The Morgan fingerprint density at radius 1 is 1.17 bits per heavy atom. The molecule has 0 radical (unpaired) electrons. The van der Waals surface area contributed by atoms with Crippen LogP contribution in [0.25, 0.3) is 23.1 Å². The second kappa shape index (κ2) is 8.91. The number of methoxy groups -OCH3 is 1.